The normalized spacial score (nSPS) is 15.1. The highest BCUT2D eigenvalue weighted by molar-refractivity contribution is 7.13. The van der Waals surface area contributed by atoms with Gasteiger partial charge in [0.05, 0.1) is 23.1 Å². The van der Waals surface area contributed by atoms with E-state index in [-0.39, 0.29) is 12.3 Å². The molecule has 1 fully saturated rings. The summed E-state index contributed by atoms with van der Waals surface area (Å²) in [4.78, 5) is 29.9. The van der Waals surface area contributed by atoms with Gasteiger partial charge in [-0.15, -0.1) is 11.3 Å². The van der Waals surface area contributed by atoms with Crippen LogP contribution in [0.4, 0.5) is 0 Å². The molecular formula is C26H30N6OS. The molecule has 3 heterocycles. The monoisotopic (exact) mass is 474 g/mol. The van der Waals surface area contributed by atoms with E-state index in [4.69, 9.17) is 4.98 Å². The minimum absolute atomic E-state index is 0.0169. The van der Waals surface area contributed by atoms with E-state index in [1.54, 1.807) is 11.3 Å². The third-order valence-corrected chi connectivity index (χ3v) is 7.13. The number of benzene rings is 2. The number of aromatic amines is 1. The predicted molar refractivity (Wildman–Crippen MR) is 137 cm³/mol. The van der Waals surface area contributed by atoms with Crippen LogP contribution < -0.4 is 5.32 Å². The number of thiazole rings is 1. The standard InChI is InChI=1S/C26H30N6OS/c1-31-11-13-32(14-12-31)17-19-5-4-6-20(15-19)26-28-21(18-34-26)16-25(33)27-10-9-24-29-22-7-2-3-8-23(22)30-24/h2-8,15,18H,9-14,16-17H2,1H3,(H,27,33)(H,29,30). The van der Waals surface area contributed by atoms with Gasteiger partial charge in [0.2, 0.25) is 5.91 Å². The molecule has 0 saturated carbocycles. The molecule has 1 saturated heterocycles. The van der Waals surface area contributed by atoms with Crippen LogP contribution in [-0.4, -0.2) is 70.4 Å². The summed E-state index contributed by atoms with van der Waals surface area (Å²) in [5.41, 5.74) is 5.21. The highest BCUT2D eigenvalue weighted by Crippen LogP contribution is 2.25. The molecule has 2 aromatic carbocycles. The molecular weight excluding hydrogens is 444 g/mol. The number of rotatable bonds is 8. The summed E-state index contributed by atoms with van der Waals surface area (Å²) in [6.07, 6.45) is 0.959. The van der Waals surface area contributed by atoms with Gasteiger partial charge in [-0.3, -0.25) is 9.69 Å². The lowest BCUT2D eigenvalue weighted by molar-refractivity contribution is -0.120. The number of carbonyl (C=O) groups is 1. The number of carbonyl (C=O) groups excluding carboxylic acids is 1. The SMILES string of the molecule is CN1CCN(Cc2cccc(-c3nc(CC(=O)NCCc4nc5ccccc5[nH]4)cs3)c2)CC1. The van der Waals surface area contributed by atoms with Crippen molar-refractivity contribution in [3.8, 4) is 10.6 Å². The average molecular weight is 475 g/mol. The van der Waals surface area contributed by atoms with Crippen LogP contribution in [0.5, 0.6) is 0 Å². The summed E-state index contributed by atoms with van der Waals surface area (Å²) in [6.45, 7) is 5.96. The Morgan fingerprint density at radius 2 is 1.94 bits per heavy atom. The molecule has 2 aromatic heterocycles. The minimum Gasteiger partial charge on any atom is -0.355 e. The van der Waals surface area contributed by atoms with E-state index < -0.39 is 0 Å². The molecule has 0 unspecified atom stereocenters. The van der Waals surface area contributed by atoms with Crippen LogP contribution in [0.15, 0.2) is 53.9 Å². The van der Waals surface area contributed by atoms with Gasteiger partial charge >= 0.3 is 0 Å². The molecule has 7 nitrogen and oxygen atoms in total. The van der Waals surface area contributed by atoms with E-state index in [0.29, 0.717) is 13.0 Å². The van der Waals surface area contributed by atoms with Gasteiger partial charge in [-0.1, -0.05) is 30.3 Å². The Hall–Kier alpha value is -3.07. The number of nitrogens with zero attached hydrogens (tertiary/aromatic N) is 4. The summed E-state index contributed by atoms with van der Waals surface area (Å²) >= 11 is 1.60. The summed E-state index contributed by atoms with van der Waals surface area (Å²) in [7, 11) is 2.18. The summed E-state index contributed by atoms with van der Waals surface area (Å²) in [6, 6.07) is 16.6. The molecule has 0 atom stereocenters. The van der Waals surface area contributed by atoms with Crippen molar-refractivity contribution in [3.63, 3.8) is 0 Å². The van der Waals surface area contributed by atoms with Gasteiger partial charge < -0.3 is 15.2 Å². The van der Waals surface area contributed by atoms with Gasteiger partial charge in [-0.05, 0) is 30.8 Å². The van der Waals surface area contributed by atoms with Crippen molar-refractivity contribution in [2.75, 3.05) is 39.8 Å². The maximum Gasteiger partial charge on any atom is 0.226 e. The molecule has 0 bridgehead atoms. The first-order valence-electron chi connectivity index (χ1n) is 11.8. The largest absolute Gasteiger partial charge is 0.355 e. The zero-order chi connectivity index (χ0) is 23.3. The lowest BCUT2D eigenvalue weighted by atomic mass is 10.1. The van der Waals surface area contributed by atoms with E-state index in [0.717, 1.165) is 65.8 Å². The van der Waals surface area contributed by atoms with E-state index in [1.807, 2.05) is 29.6 Å². The number of amides is 1. The van der Waals surface area contributed by atoms with Crippen LogP contribution >= 0.6 is 11.3 Å². The first kappa shape index (κ1) is 22.7. The maximum atomic E-state index is 12.4. The number of fused-ring (bicyclic) bond motifs is 1. The zero-order valence-corrected chi connectivity index (χ0v) is 20.3. The number of hydrogen-bond donors (Lipinski definition) is 2. The predicted octanol–water partition coefficient (Wildman–Crippen LogP) is 3.34. The quantitative estimate of drug-likeness (QED) is 0.410. The second kappa shape index (κ2) is 10.5. The van der Waals surface area contributed by atoms with Gasteiger partial charge in [0.25, 0.3) is 0 Å². The summed E-state index contributed by atoms with van der Waals surface area (Å²) in [5, 5.41) is 5.94. The van der Waals surface area contributed by atoms with E-state index in [9.17, 15) is 4.79 Å². The van der Waals surface area contributed by atoms with Crippen LogP contribution in [0.1, 0.15) is 17.1 Å². The van der Waals surface area contributed by atoms with Crippen molar-refractivity contribution >= 4 is 28.3 Å². The van der Waals surface area contributed by atoms with Crippen molar-refractivity contribution in [1.82, 2.24) is 30.1 Å². The number of para-hydroxylation sites is 2. The first-order chi connectivity index (χ1) is 16.6. The molecule has 4 aromatic rings. The highest BCUT2D eigenvalue weighted by atomic mass is 32.1. The van der Waals surface area contributed by atoms with Gasteiger partial charge in [0, 0.05) is 56.6 Å². The van der Waals surface area contributed by atoms with Gasteiger partial charge in [0.1, 0.15) is 10.8 Å². The van der Waals surface area contributed by atoms with Crippen molar-refractivity contribution in [2.24, 2.45) is 0 Å². The Balaban J connectivity index is 1.13. The van der Waals surface area contributed by atoms with Crippen LogP contribution in [0, 0.1) is 0 Å². The third-order valence-electron chi connectivity index (χ3n) is 6.19. The Labute approximate surface area is 203 Å². The molecule has 0 aliphatic carbocycles. The van der Waals surface area contributed by atoms with E-state index >= 15 is 0 Å². The van der Waals surface area contributed by atoms with Gasteiger partial charge in [0.15, 0.2) is 0 Å². The lowest BCUT2D eigenvalue weighted by Crippen LogP contribution is -2.43. The average Bonchev–Trinajstić information content (AvgIpc) is 3.47. The number of imidazole rings is 1. The van der Waals surface area contributed by atoms with Crippen molar-refractivity contribution in [3.05, 3.63) is 71.0 Å². The van der Waals surface area contributed by atoms with Crippen molar-refractivity contribution in [2.45, 2.75) is 19.4 Å². The zero-order valence-electron chi connectivity index (χ0n) is 19.5. The van der Waals surface area contributed by atoms with Crippen molar-refractivity contribution in [1.29, 1.82) is 0 Å². The second-order valence-corrected chi connectivity index (χ2v) is 9.76. The number of piperazine rings is 1. The molecule has 8 heteroatoms. The Morgan fingerprint density at radius 3 is 2.79 bits per heavy atom. The van der Waals surface area contributed by atoms with E-state index in [2.05, 4.69) is 56.4 Å². The minimum atomic E-state index is -0.0169. The number of nitrogens with one attached hydrogen (secondary N) is 2. The molecule has 34 heavy (non-hydrogen) atoms. The van der Waals surface area contributed by atoms with Crippen molar-refractivity contribution < 1.29 is 4.79 Å². The second-order valence-electron chi connectivity index (χ2n) is 8.90. The fourth-order valence-corrected chi connectivity index (χ4v) is 5.08. The topological polar surface area (TPSA) is 77.2 Å². The summed E-state index contributed by atoms with van der Waals surface area (Å²) < 4.78 is 0. The van der Waals surface area contributed by atoms with Crippen LogP contribution in [0.3, 0.4) is 0 Å². The Morgan fingerprint density at radius 1 is 1.09 bits per heavy atom. The molecule has 2 N–H and O–H groups in total. The molecule has 0 spiro atoms. The highest BCUT2D eigenvalue weighted by Gasteiger charge is 2.15. The number of likely N-dealkylation sites (N-methyl/N-ethyl adjacent to an activating group) is 1. The Kier molecular flexibility index (Phi) is 6.99. The lowest BCUT2D eigenvalue weighted by Gasteiger charge is -2.32. The summed E-state index contributed by atoms with van der Waals surface area (Å²) in [5.74, 6) is 0.866. The van der Waals surface area contributed by atoms with Crippen LogP contribution in [-0.2, 0) is 24.2 Å². The van der Waals surface area contributed by atoms with Gasteiger partial charge in [-0.2, -0.15) is 0 Å². The first-order valence-corrected chi connectivity index (χ1v) is 12.7. The molecule has 176 valence electrons. The molecule has 1 aliphatic rings. The molecule has 5 rings (SSSR count). The smallest absolute Gasteiger partial charge is 0.226 e. The van der Waals surface area contributed by atoms with Crippen LogP contribution in [0.2, 0.25) is 0 Å². The molecule has 0 radical (unpaired) electrons. The Bertz CT molecular complexity index is 1220. The fraction of sp³-hybridized carbons (Fsp3) is 0.346. The number of hydrogen-bond acceptors (Lipinski definition) is 6. The van der Waals surface area contributed by atoms with Gasteiger partial charge in [-0.25, -0.2) is 9.97 Å². The maximum absolute atomic E-state index is 12.4. The fourth-order valence-electron chi connectivity index (χ4n) is 4.26. The number of H-pyrrole nitrogens is 1. The molecule has 1 amide bonds. The number of aromatic nitrogens is 3. The third kappa shape index (κ3) is 5.70. The molecule has 1 aliphatic heterocycles. The van der Waals surface area contributed by atoms with Crippen LogP contribution in [0.25, 0.3) is 21.6 Å². The van der Waals surface area contributed by atoms with E-state index in [1.165, 1.54) is 5.56 Å².